The third kappa shape index (κ3) is 4.63. The summed E-state index contributed by atoms with van der Waals surface area (Å²) in [4.78, 5) is 34.2. The highest BCUT2D eigenvalue weighted by molar-refractivity contribution is 5.94. The van der Waals surface area contributed by atoms with Crippen molar-refractivity contribution >= 4 is 11.9 Å². The molecule has 1 saturated carbocycles. The van der Waals surface area contributed by atoms with E-state index in [1.54, 1.807) is 28.9 Å². The van der Waals surface area contributed by atoms with Crippen LogP contribution in [0.2, 0.25) is 0 Å². The van der Waals surface area contributed by atoms with E-state index in [-0.39, 0.29) is 18.0 Å². The van der Waals surface area contributed by atoms with Gasteiger partial charge >= 0.3 is 6.03 Å². The van der Waals surface area contributed by atoms with Crippen LogP contribution < -0.4 is 5.32 Å². The minimum absolute atomic E-state index is 0.0721. The number of amides is 3. The second kappa shape index (κ2) is 9.28. The fourth-order valence-electron chi connectivity index (χ4n) is 4.33. The van der Waals surface area contributed by atoms with Crippen molar-refractivity contribution in [2.45, 2.75) is 57.5 Å². The lowest BCUT2D eigenvalue weighted by molar-refractivity contribution is 0.0639. The molecule has 1 aliphatic carbocycles. The van der Waals surface area contributed by atoms with Gasteiger partial charge in [0.2, 0.25) is 0 Å². The van der Waals surface area contributed by atoms with Gasteiger partial charge in [0, 0.05) is 24.7 Å². The number of aromatic nitrogens is 2. The quantitative estimate of drug-likeness (QED) is 0.837. The Morgan fingerprint density at radius 3 is 2.53 bits per heavy atom. The van der Waals surface area contributed by atoms with Crippen molar-refractivity contribution in [2.75, 3.05) is 19.6 Å². The number of nitrogens with zero attached hydrogens (tertiary/aromatic N) is 4. The molecule has 2 fully saturated rings. The highest BCUT2D eigenvalue weighted by Gasteiger charge is 2.35. The van der Waals surface area contributed by atoms with Crippen molar-refractivity contribution in [2.24, 2.45) is 0 Å². The molecule has 2 aromatic rings. The summed E-state index contributed by atoms with van der Waals surface area (Å²) in [5, 5.41) is 7.10. The predicted molar refractivity (Wildman–Crippen MR) is 111 cm³/mol. The van der Waals surface area contributed by atoms with E-state index in [9.17, 15) is 9.59 Å². The van der Waals surface area contributed by atoms with E-state index >= 15 is 0 Å². The Balaban J connectivity index is 1.55. The van der Waals surface area contributed by atoms with Gasteiger partial charge in [0.1, 0.15) is 6.04 Å². The smallest absolute Gasteiger partial charge is 0.317 e. The molecule has 3 amide bonds. The Labute approximate surface area is 176 Å². The molecule has 8 heteroatoms. The highest BCUT2D eigenvalue weighted by atomic mass is 16.5. The molecule has 1 N–H and O–H groups in total. The zero-order valence-electron chi connectivity index (χ0n) is 17.4. The molecule has 0 spiro atoms. The summed E-state index contributed by atoms with van der Waals surface area (Å²) < 4.78 is 5.44. The molecular formula is C22H29N5O3. The van der Waals surface area contributed by atoms with E-state index in [1.807, 2.05) is 18.2 Å². The van der Waals surface area contributed by atoms with Crippen molar-refractivity contribution in [1.29, 1.82) is 0 Å². The number of nitrogens with one attached hydrogen (secondary N) is 1. The van der Waals surface area contributed by atoms with E-state index in [0.717, 1.165) is 25.7 Å². The van der Waals surface area contributed by atoms with Crippen LogP contribution in [0.3, 0.4) is 0 Å². The zero-order valence-corrected chi connectivity index (χ0v) is 17.4. The first-order chi connectivity index (χ1) is 14.6. The molecular weight excluding hydrogens is 382 g/mol. The third-order valence-electron chi connectivity index (χ3n) is 5.93. The summed E-state index contributed by atoms with van der Waals surface area (Å²) in [5.74, 6) is 0.791. The number of carbonyl (C=O) groups excluding carboxylic acids is 2. The molecule has 1 aromatic carbocycles. The predicted octanol–water partition coefficient (Wildman–Crippen LogP) is 3.31. The maximum absolute atomic E-state index is 13.3. The molecule has 1 aromatic heterocycles. The monoisotopic (exact) mass is 411 g/mol. The summed E-state index contributed by atoms with van der Waals surface area (Å²) in [6.07, 6.45) is 6.32. The fraction of sp³-hybridized carbons (Fsp3) is 0.545. The minimum Gasteiger partial charge on any atom is -0.337 e. The number of carbonyl (C=O) groups is 2. The first kappa shape index (κ1) is 20.4. The summed E-state index contributed by atoms with van der Waals surface area (Å²) in [6, 6.07) is 8.88. The maximum atomic E-state index is 13.3. The van der Waals surface area contributed by atoms with Crippen molar-refractivity contribution in [3.05, 3.63) is 47.6 Å². The van der Waals surface area contributed by atoms with E-state index < -0.39 is 6.04 Å². The topological polar surface area (TPSA) is 91.6 Å². The molecule has 1 aliphatic heterocycles. The van der Waals surface area contributed by atoms with E-state index in [1.165, 1.54) is 6.42 Å². The maximum Gasteiger partial charge on any atom is 0.317 e. The highest BCUT2D eigenvalue weighted by Crippen LogP contribution is 2.26. The number of aryl methyl sites for hydroxylation is 1. The Kier molecular flexibility index (Phi) is 6.30. The van der Waals surface area contributed by atoms with E-state index in [0.29, 0.717) is 43.3 Å². The lowest BCUT2D eigenvalue weighted by Crippen LogP contribution is -2.47. The van der Waals surface area contributed by atoms with Crippen LogP contribution in [0.25, 0.3) is 0 Å². The van der Waals surface area contributed by atoms with Gasteiger partial charge in [-0.05, 0) is 38.3 Å². The summed E-state index contributed by atoms with van der Waals surface area (Å²) in [7, 11) is 0. The minimum atomic E-state index is -0.474. The van der Waals surface area contributed by atoms with Crippen LogP contribution in [0.15, 0.2) is 34.9 Å². The van der Waals surface area contributed by atoms with Gasteiger partial charge in [-0.1, -0.05) is 42.6 Å². The Hall–Kier alpha value is -2.90. The summed E-state index contributed by atoms with van der Waals surface area (Å²) in [6.45, 7) is 3.19. The second-order valence-electron chi connectivity index (χ2n) is 8.14. The summed E-state index contributed by atoms with van der Waals surface area (Å²) >= 11 is 0. The van der Waals surface area contributed by atoms with Gasteiger partial charge in [-0.25, -0.2) is 4.79 Å². The van der Waals surface area contributed by atoms with Crippen LogP contribution in [0.4, 0.5) is 4.79 Å². The molecule has 0 bridgehead atoms. The fourth-order valence-corrected chi connectivity index (χ4v) is 4.33. The first-order valence-electron chi connectivity index (χ1n) is 10.8. The molecule has 4 rings (SSSR count). The van der Waals surface area contributed by atoms with Crippen LogP contribution in [0.1, 0.15) is 66.6 Å². The van der Waals surface area contributed by atoms with E-state index in [4.69, 9.17) is 4.52 Å². The lowest BCUT2D eigenvalue weighted by atomic mass is 9.96. The molecule has 2 heterocycles. The van der Waals surface area contributed by atoms with Crippen molar-refractivity contribution in [3.63, 3.8) is 0 Å². The number of benzene rings is 1. The van der Waals surface area contributed by atoms with Crippen LogP contribution >= 0.6 is 0 Å². The standard InChI is InChI=1S/C22H29N5O3/c1-16-23-20(30-25-16)19-15-26(22(29)24-18-11-6-3-7-12-18)13-8-14-27(19)21(28)17-9-4-2-5-10-17/h2,4-5,9-10,18-19H,3,6-8,11-15H2,1H3,(H,24,29)/t19-/m0/s1. The molecule has 1 atom stereocenters. The zero-order chi connectivity index (χ0) is 20.9. The molecule has 1 saturated heterocycles. The van der Waals surface area contributed by atoms with Crippen LogP contribution in [-0.2, 0) is 0 Å². The number of urea groups is 1. The average Bonchev–Trinajstić information content (AvgIpc) is 3.08. The van der Waals surface area contributed by atoms with Crippen molar-refractivity contribution in [1.82, 2.24) is 25.3 Å². The first-order valence-corrected chi connectivity index (χ1v) is 10.8. The molecule has 0 radical (unpaired) electrons. The average molecular weight is 412 g/mol. The lowest BCUT2D eigenvalue weighted by Gasteiger charge is -2.31. The molecule has 30 heavy (non-hydrogen) atoms. The number of hydrogen-bond acceptors (Lipinski definition) is 5. The van der Waals surface area contributed by atoms with Gasteiger partial charge in [0.15, 0.2) is 5.82 Å². The summed E-state index contributed by atoms with van der Waals surface area (Å²) in [5.41, 5.74) is 0.610. The van der Waals surface area contributed by atoms with Gasteiger partial charge in [0.05, 0.1) is 6.54 Å². The van der Waals surface area contributed by atoms with Crippen LogP contribution in [-0.4, -0.2) is 57.6 Å². The Bertz CT molecular complexity index is 863. The molecule has 0 unspecified atom stereocenters. The number of hydrogen-bond donors (Lipinski definition) is 1. The van der Waals surface area contributed by atoms with Crippen molar-refractivity contribution in [3.8, 4) is 0 Å². The van der Waals surface area contributed by atoms with Crippen molar-refractivity contribution < 1.29 is 14.1 Å². The van der Waals surface area contributed by atoms with E-state index in [2.05, 4.69) is 15.5 Å². The SMILES string of the molecule is Cc1noc([C@@H]2CN(C(=O)NC3CCCCC3)CCCN2C(=O)c2ccccc2)n1. The Morgan fingerprint density at radius 2 is 1.83 bits per heavy atom. The van der Waals surface area contributed by atoms with Gasteiger partial charge in [-0.15, -0.1) is 0 Å². The second-order valence-corrected chi connectivity index (χ2v) is 8.14. The third-order valence-corrected chi connectivity index (χ3v) is 5.93. The Morgan fingerprint density at radius 1 is 1.07 bits per heavy atom. The molecule has 2 aliphatic rings. The van der Waals surface area contributed by atoms with Gasteiger partial charge in [0.25, 0.3) is 11.8 Å². The van der Waals surface area contributed by atoms with Gasteiger partial charge < -0.3 is 19.6 Å². The largest absolute Gasteiger partial charge is 0.337 e. The molecule has 160 valence electrons. The van der Waals surface area contributed by atoms with Gasteiger partial charge in [-0.3, -0.25) is 4.79 Å². The van der Waals surface area contributed by atoms with Gasteiger partial charge in [-0.2, -0.15) is 4.98 Å². The van der Waals surface area contributed by atoms with Crippen LogP contribution in [0.5, 0.6) is 0 Å². The normalized spacial score (nSPS) is 20.6. The number of rotatable bonds is 3. The van der Waals surface area contributed by atoms with Crippen LogP contribution in [0, 0.1) is 6.92 Å². The molecule has 8 nitrogen and oxygen atoms in total.